The molecule has 16 heavy (non-hydrogen) atoms. The summed E-state index contributed by atoms with van der Waals surface area (Å²) in [4.78, 5) is 13.3. The molecule has 0 spiro atoms. The molecule has 3 nitrogen and oxygen atoms in total. The number of nitrogens with zero attached hydrogens (tertiary/aromatic N) is 1. The van der Waals surface area contributed by atoms with E-state index in [1.165, 1.54) is 25.7 Å². The van der Waals surface area contributed by atoms with Crippen LogP contribution in [0.3, 0.4) is 0 Å². The lowest BCUT2D eigenvalue weighted by atomic mass is 9.78. The van der Waals surface area contributed by atoms with Crippen molar-refractivity contribution in [1.29, 1.82) is 0 Å². The molecule has 1 saturated carbocycles. The van der Waals surface area contributed by atoms with E-state index < -0.39 is 5.97 Å². The molecule has 0 aliphatic heterocycles. The van der Waals surface area contributed by atoms with Crippen LogP contribution < -0.4 is 0 Å². The molecule has 1 aliphatic carbocycles. The predicted octanol–water partition coefficient (Wildman–Crippen LogP) is 2.90. The molecule has 1 aliphatic rings. The van der Waals surface area contributed by atoms with E-state index in [9.17, 15) is 4.79 Å². The molecule has 0 radical (unpaired) electrons. The Hall–Kier alpha value is -0.570. The third kappa shape index (κ3) is 3.48. The van der Waals surface area contributed by atoms with Gasteiger partial charge in [-0.1, -0.05) is 32.6 Å². The fraction of sp³-hybridized carbons (Fsp3) is 0.923. The second kappa shape index (κ2) is 6.24. The number of hydrogen-bond donors (Lipinski definition) is 1. The SMILES string of the molecule is CCCCN(C)C1(CC(=O)O)CCCCC1. The van der Waals surface area contributed by atoms with Crippen molar-refractivity contribution in [2.24, 2.45) is 0 Å². The highest BCUT2D eigenvalue weighted by molar-refractivity contribution is 5.68. The fourth-order valence-electron chi connectivity index (χ4n) is 2.82. The van der Waals surface area contributed by atoms with Crippen LogP contribution in [0.5, 0.6) is 0 Å². The van der Waals surface area contributed by atoms with Gasteiger partial charge in [0.15, 0.2) is 0 Å². The molecule has 0 aromatic heterocycles. The van der Waals surface area contributed by atoms with Crippen molar-refractivity contribution in [2.45, 2.75) is 63.8 Å². The quantitative estimate of drug-likeness (QED) is 0.758. The van der Waals surface area contributed by atoms with Gasteiger partial charge in [0, 0.05) is 5.54 Å². The van der Waals surface area contributed by atoms with E-state index in [0.29, 0.717) is 6.42 Å². The maximum Gasteiger partial charge on any atom is 0.305 e. The van der Waals surface area contributed by atoms with Gasteiger partial charge in [0.1, 0.15) is 0 Å². The van der Waals surface area contributed by atoms with Gasteiger partial charge in [-0.15, -0.1) is 0 Å². The van der Waals surface area contributed by atoms with Crippen LogP contribution in [0.4, 0.5) is 0 Å². The van der Waals surface area contributed by atoms with E-state index in [0.717, 1.165) is 25.8 Å². The number of unbranched alkanes of at least 4 members (excludes halogenated alkanes) is 1. The minimum absolute atomic E-state index is 0.0563. The Labute approximate surface area is 98.8 Å². The van der Waals surface area contributed by atoms with Crippen molar-refractivity contribution in [3.8, 4) is 0 Å². The van der Waals surface area contributed by atoms with Gasteiger partial charge in [0.25, 0.3) is 0 Å². The summed E-state index contributed by atoms with van der Waals surface area (Å²) < 4.78 is 0. The predicted molar refractivity (Wildman–Crippen MR) is 65.6 cm³/mol. The van der Waals surface area contributed by atoms with Gasteiger partial charge in [-0.05, 0) is 32.9 Å². The Balaban J connectivity index is 2.64. The molecule has 0 aromatic carbocycles. The Morgan fingerprint density at radius 3 is 2.44 bits per heavy atom. The van der Waals surface area contributed by atoms with E-state index in [1.807, 2.05) is 0 Å². The monoisotopic (exact) mass is 227 g/mol. The molecular formula is C13H25NO2. The number of rotatable bonds is 6. The first-order valence-electron chi connectivity index (χ1n) is 6.54. The number of carboxylic acids is 1. The lowest BCUT2D eigenvalue weighted by molar-refractivity contribution is -0.141. The lowest BCUT2D eigenvalue weighted by Crippen LogP contribution is -2.49. The molecule has 0 heterocycles. The smallest absolute Gasteiger partial charge is 0.305 e. The van der Waals surface area contributed by atoms with Crippen LogP contribution in [0.25, 0.3) is 0 Å². The molecule has 94 valence electrons. The summed E-state index contributed by atoms with van der Waals surface area (Å²) >= 11 is 0. The summed E-state index contributed by atoms with van der Waals surface area (Å²) in [6.07, 6.45) is 8.40. The number of carboxylic acid groups (broad SMARTS) is 1. The molecule has 0 amide bonds. The van der Waals surface area contributed by atoms with Crippen LogP contribution in [0.1, 0.15) is 58.3 Å². The third-order valence-electron chi connectivity index (χ3n) is 3.92. The minimum Gasteiger partial charge on any atom is -0.481 e. The second-order valence-corrected chi connectivity index (χ2v) is 5.13. The summed E-state index contributed by atoms with van der Waals surface area (Å²) in [5, 5.41) is 9.08. The van der Waals surface area contributed by atoms with Crippen molar-refractivity contribution in [3.63, 3.8) is 0 Å². The summed E-state index contributed by atoms with van der Waals surface area (Å²) in [6, 6.07) is 0. The van der Waals surface area contributed by atoms with E-state index in [1.54, 1.807) is 0 Å². The summed E-state index contributed by atoms with van der Waals surface area (Å²) in [5.74, 6) is -0.648. The summed E-state index contributed by atoms with van der Waals surface area (Å²) in [7, 11) is 2.10. The summed E-state index contributed by atoms with van der Waals surface area (Å²) in [5.41, 5.74) is -0.0563. The topological polar surface area (TPSA) is 40.5 Å². The van der Waals surface area contributed by atoms with Crippen LogP contribution >= 0.6 is 0 Å². The van der Waals surface area contributed by atoms with Gasteiger partial charge in [-0.3, -0.25) is 4.79 Å². The fourth-order valence-corrected chi connectivity index (χ4v) is 2.82. The average Bonchev–Trinajstić information content (AvgIpc) is 2.26. The van der Waals surface area contributed by atoms with Crippen molar-refractivity contribution in [3.05, 3.63) is 0 Å². The van der Waals surface area contributed by atoms with Gasteiger partial charge >= 0.3 is 5.97 Å². The Morgan fingerprint density at radius 2 is 1.94 bits per heavy atom. The first kappa shape index (κ1) is 13.5. The van der Waals surface area contributed by atoms with Gasteiger partial charge in [-0.2, -0.15) is 0 Å². The van der Waals surface area contributed by atoms with Gasteiger partial charge in [0.05, 0.1) is 6.42 Å². The van der Waals surface area contributed by atoms with E-state index in [2.05, 4.69) is 18.9 Å². The molecule has 1 N–H and O–H groups in total. The highest BCUT2D eigenvalue weighted by Gasteiger charge is 2.37. The van der Waals surface area contributed by atoms with Crippen LogP contribution in [-0.2, 0) is 4.79 Å². The van der Waals surface area contributed by atoms with Gasteiger partial charge < -0.3 is 10.0 Å². The van der Waals surface area contributed by atoms with E-state index in [4.69, 9.17) is 5.11 Å². The normalized spacial score (nSPS) is 19.9. The highest BCUT2D eigenvalue weighted by Crippen LogP contribution is 2.35. The van der Waals surface area contributed by atoms with Gasteiger partial charge in [-0.25, -0.2) is 0 Å². The zero-order valence-corrected chi connectivity index (χ0v) is 10.7. The molecule has 0 unspecified atom stereocenters. The van der Waals surface area contributed by atoms with Crippen LogP contribution in [0.15, 0.2) is 0 Å². The zero-order chi connectivity index (χ0) is 12.0. The molecule has 0 bridgehead atoms. The van der Waals surface area contributed by atoms with E-state index >= 15 is 0 Å². The third-order valence-corrected chi connectivity index (χ3v) is 3.92. The van der Waals surface area contributed by atoms with Crippen molar-refractivity contribution in [1.82, 2.24) is 4.90 Å². The molecule has 0 aromatic rings. The van der Waals surface area contributed by atoms with Crippen molar-refractivity contribution in [2.75, 3.05) is 13.6 Å². The Bertz CT molecular complexity index is 222. The van der Waals surface area contributed by atoms with Gasteiger partial charge in [0.2, 0.25) is 0 Å². The average molecular weight is 227 g/mol. The zero-order valence-electron chi connectivity index (χ0n) is 10.7. The highest BCUT2D eigenvalue weighted by atomic mass is 16.4. The van der Waals surface area contributed by atoms with Crippen molar-refractivity contribution < 1.29 is 9.90 Å². The minimum atomic E-state index is -0.648. The maximum absolute atomic E-state index is 11.0. The lowest BCUT2D eigenvalue weighted by Gasteiger charge is -2.44. The van der Waals surface area contributed by atoms with Crippen LogP contribution in [0, 0.1) is 0 Å². The van der Waals surface area contributed by atoms with Crippen LogP contribution in [0.2, 0.25) is 0 Å². The second-order valence-electron chi connectivity index (χ2n) is 5.13. The molecule has 1 fully saturated rings. The first-order valence-corrected chi connectivity index (χ1v) is 6.54. The Kier molecular flexibility index (Phi) is 5.26. The summed E-state index contributed by atoms with van der Waals surface area (Å²) in [6.45, 7) is 3.21. The molecular weight excluding hydrogens is 202 g/mol. The molecule has 3 heteroatoms. The standard InChI is InChI=1S/C13H25NO2/c1-3-4-10-14(2)13(11-12(15)16)8-6-5-7-9-13/h3-11H2,1-2H3,(H,15,16). The number of carbonyl (C=O) groups is 1. The van der Waals surface area contributed by atoms with Crippen molar-refractivity contribution >= 4 is 5.97 Å². The maximum atomic E-state index is 11.0. The van der Waals surface area contributed by atoms with E-state index in [-0.39, 0.29) is 5.54 Å². The molecule has 0 saturated heterocycles. The Morgan fingerprint density at radius 1 is 1.31 bits per heavy atom. The molecule has 0 atom stereocenters. The molecule has 1 rings (SSSR count). The number of aliphatic carboxylic acids is 1. The first-order chi connectivity index (χ1) is 7.60. The van der Waals surface area contributed by atoms with Crippen LogP contribution in [-0.4, -0.2) is 35.1 Å². The largest absolute Gasteiger partial charge is 0.481 e. The number of hydrogen-bond acceptors (Lipinski definition) is 2.